The summed E-state index contributed by atoms with van der Waals surface area (Å²) >= 11 is 9.18. The van der Waals surface area contributed by atoms with Crippen LogP contribution in [0.5, 0.6) is 0 Å². The molecule has 0 heterocycles. The highest BCUT2D eigenvalue weighted by Gasteiger charge is 2.21. The number of hydrogen-bond donors (Lipinski definition) is 2. The van der Waals surface area contributed by atoms with Crippen molar-refractivity contribution in [2.45, 2.75) is 18.9 Å². The van der Waals surface area contributed by atoms with Crippen LogP contribution in [0.4, 0.5) is 0 Å². The molecule has 0 aliphatic carbocycles. The fraction of sp³-hybridized carbons (Fsp3) is 0.462. The monoisotopic (exact) mass is 349 g/mol. The van der Waals surface area contributed by atoms with Crippen molar-refractivity contribution in [2.75, 3.05) is 20.3 Å². The minimum Gasteiger partial charge on any atom is -0.388 e. The van der Waals surface area contributed by atoms with Crippen LogP contribution >= 0.6 is 27.5 Å². The third-order valence-corrected chi connectivity index (χ3v) is 3.89. The summed E-state index contributed by atoms with van der Waals surface area (Å²) in [6.45, 7) is 2.25. The first-order valence-corrected chi connectivity index (χ1v) is 6.97. The summed E-state index contributed by atoms with van der Waals surface area (Å²) in [6.07, 6.45) is 0.449. The number of methoxy groups -OCH3 is 1. The lowest BCUT2D eigenvalue weighted by molar-refractivity contribution is 0.0243. The Labute approximate surface area is 126 Å². The molecular weight excluding hydrogens is 334 g/mol. The van der Waals surface area contributed by atoms with Crippen molar-refractivity contribution in [1.82, 2.24) is 5.32 Å². The van der Waals surface area contributed by atoms with Gasteiger partial charge in [-0.1, -0.05) is 11.6 Å². The minimum atomic E-state index is -0.995. The Morgan fingerprint density at radius 1 is 1.58 bits per heavy atom. The molecule has 0 saturated heterocycles. The number of benzene rings is 1. The second-order valence-electron chi connectivity index (χ2n) is 4.55. The van der Waals surface area contributed by atoms with Crippen LogP contribution in [-0.4, -0.2) is 36.9 Å². The molecule has 0 aliphatic heterocycles. The van der Waals surface area contributed by atoms with Gasteiger partial charge >= 0.3 is 0 Å². The van der Waals surface area contributed by atoms with Crippen molar-refractivity contribution in [3.8, 4) is 0 Å². The average molecular weight is 351 g/mol. The van der Waals surface area contributed by atoms with Crippen LogP contribution in [-0.2, 0) is 4.74 Å². The Morgan fingerprint density at radius 3 is 2.84 bits per heavy atom. The van der Waals surface area contributed by atoms with Gasteiger partial charge in [0.25, 0.3) is 5.91 Å². The van der Waals surface area contributed by atoms with Crippen molar-refractivity contribution in [2.24, 2.45) is 0 Å². The zero-order valence-corrected chi connectivity index (χ0v) is 13.2. The molecule has 1 amide bonds. The first kappa shape index (κ1) is 16.4. The molecule has 0 spiro atoms. The lowest BCUT2D eigenvalue weighted by Crippen LogP contribution is -2.41. The number of halogens is 2. The Bertz CT molecular complexity index is 452. The Kier molecular flexibility index (Phi) is 6.26. The number of amides is 1. The molecule has 6 heteroatoms. The molecule has 1 aromatic rings. The lowest BCUT2D eigenvalue weighted by Gasteiger charge is -2.23. The van der Waals surface area contributed by atoms with Crippen LogP contribution in [0.1, 0.15) is 23.7 Å². The van der Waals surface area contributed by atoms with E-state index in [1.165, 1.54) is 0 Å². The van der Waals surface area contributed by atoms with Crippen molar-refractivity contribution in [1.29, 1.82) is 0 Å². The smallest absolute Gasteiger partial charge is 0.251 e. The molecular formula is C13H17BrClNO3. The summed E-state index contributed by atoms with van der Waals surface area (Å²) in [5, 5.41) is 13.2. The van der Waals surface area contributed by atoms with Crippen LogP contribution in [0, 0.1) is 0 Å². The molecule has 1 rings (SSSR count). The largest absolute Gasteiger partial charge is 0.388 e. The average Bonchev–Trinajstić information content (AvgIpc) is 2.37. The first-order chi connectivity index (χ1) is 8.85. The van der Waals surface area contributed by atoms with E-state index >= 15 is 0 Å². The minimum absolute atomic E-state index is 0.156. The van der Waals surface area contributed by atoms with E-state index in [-0.39, 0.29) is 12.5 Å². The van der Waals surface area contributed by atoms with Crippen molar-refractivity contribution in [3.05, 3.63) is 33.3 Å². The summed E-state index contributed by atoms with van der Waals surface area (Å²) in [5.74, 6) is -0.271. The number of carbonyl (C=O) groups is 1. The van der Waals surface area contributed by atoms with E-state index < -0.39 is 5.60 Å². The molecule has 1 aromatic carbocycles. The van der Waals surface area contributed by atoms with Gasteiger partial charge in [-0.15, -0.1) is 0 Å². The molecule has 0 fully saturated rings. The molecule has 2 N–H and O–H groups in total. The summed E-state index contributed by atoms with van der Waals surface area (Å²) in [4.78, 5) is 11.9. The van der Waals surface area contributed by atoms with Crippen molar-refractivity contribution in [3.63, 3.8) is 0 Å². The predicted octanol–water partition coefficient (Wildman–Crippen LogP) is 2.62. The number of rotatable bonds is 6. The zero-order valence-electron chi connectivity index (χ0n) is 10.9. The van der Waals surface area contributed by atoms with Gasteiger partial charge in [-0.3, -0.25) is 4.79 Å². The maximum atomic E-state index is 11.9. The SMILES string of the molecule is COCCC(C)(O)CNC(=O)c1ccc(Br)c(Cl)c1. The van der Waals surface area contributed by atoms with E-state index in [1.54, 1.807) is 32.2 Å². The standard InChI is InChI=1S/C13H17BrClNO3/c1-13(18,5-6-19-2)8-16-12(17)9-3-4-10(14)11(15)7-9/h3-4,7,18H,5-6,8H2,1-2H3,(H,16,17). The van der Waals surface area contributed by atoms with E-state index in [1.807, 2.05) is 0 Å². The van der Waals surface area contributed by atoms with Crippen molar-refractivity contribution < 1.29 is 14.6 Å². The maximum absolute atomic E-state index is 11.9. The van der Waals surface area contributed by atoms with Crippen molar-refractivity contribution >= 4 is 33.4 Å². The molecule has 0 radical (unpaired) electrons. The number of carbonyl (C=O) groups excluding carboxylic acids is 1. The van der Waals surface area contributed by atoms with Gasteiger partial charge in [0, 0.05) is 36.7 Å². The number of hydrogen-bond acceptors (Lipinski definition) is 3. The second-order valence-corrected chi connectivity index (χ2v) is 5.81. The lowest BCUT2D eigenvalue weighted by atomic mass is 10.0. The summed E-state index contributed by atoms with van der Waals surface area (Å²) in [6, 6.07) is 4.94. The highest BCUT2D eigenvalue weighted by molar-refractivity contribution is 9.10. The van der Waals surface area contributed by atoms with Gasteiger partial charge in [0.1, 0.15) is 0 Å². The van der Waals surface area contributed by atoms with E-state index in [4.69, 9.17) is 16.3 Å². The Morgan fingerprint density at radius 2 is 2.26 bits per heavy atom. The van der Waals surface area contributed by atoms with Crippen LogP contribution < -0.4 is 5.32 Å². The second kappa shape index (κ2) is 7.24. The van der Waals surface area contributed by atoms with E-state index in [0.29, 0.717) is 23.6 Å². The Balaban J connectivity index is 2.57. The predicted molar refractivity (Wildman–Crippen MR) is 78.6 cm³/mol. The number of nitrogens with one attached hydrogen (secondary N) is 1. The molecule has 19 heavy (non-hydrogen) atoms. The fourth-order valence-electron chi connectivity index (χ4n) is 1.42. The van der Waals surface area contributed by atoms with Gasteiger partial charge in [-0.25, -0.2) is 0 Å². The maximum Gasteiger partial charge on any atom is 0.251 e. The molecule has 0 bridgehead atoms. The van der Waals surface area contributed by atoms with Gasteiger partial charge in [0.2, 0.25) is 0 Å². The topological polar surface area (TPSA) is 58.6 Å². The van der Waals surface area contributed by atoms with E-state index in [9.17, 15) is 9.90 Å². The number of ether oxygens (including phenoxy) is 1. The summed E-state index contributed by atoms with van der Waals surface area (Å²) in [7, 11) is 1.57. The highest BCUT2D eigenvalue weighted by atomic mass is 79.9. The van der Waals surface area contributed by atoms with Gasteiger partial charge in [0.05, 0.1) is 10.6 Å². The first-order valence-electron chi connectivity index (χ1n) is 5.80. The van der Waals surface area contributed by atoms with E-state index in [0.717, 1.165) is 4.47 Å². The Hall–Kier alpha value is -0.620. The normalized spacial score (nSPS) is 13.9. The quantitative estimate of drug-likeness (QED) is 0.829. The van der Waals surface area contributed by atoms with Crippen LogP contribution in [0.2, 0.25) is 5.02 Å². The number of aliphatic hydroxyl groups is 1. The molecule has 4 nitrogen and oxygen atoms in total. The fourth-order valence-corrected chi connectivity index (χ4v) is 1.85. The molecule has 106 valence electrons. The molecule has 0 aliphatic rings. The molecule has 0 saturated carbocycles. The molecule has 1 unspecified atom stereocenters. The van der Waals surface area contributed by atoms with Gasteiger partial charge in [0.15, 0.2) is 0 Å². The van der Waals surface area contributed by atoms with Gasteiger partial charge < -0.3 is 15.2 Å². The van der Waals surface area contributed by atoms with Crippen LogP contribution in [0.25, 0.3) is 0 Å². The van der Waals surface area contributed by atoms with E-state index in [2.05, 4.69) is 21.2 Å². The summed E-state index contributed by atoms with van der Waals surface area (Å²) in [5.41, 5.74) is -0.541. The zero-order chi connectivity index (χ0) is 14.5. The third-order valence-electron chi connectivity index (χ3n) is 2.66. The van der Waals surface area contributed by atoms with Crippen LogP contribution in [0.3, 0.4) is 0 Å². The van der Waals surface area contributed by atoms with Gasteiger partial charge in [-0.05, 0) is 41.1 Å². The summed E-state index contributed by atoms with van der Waals surface area (Å²) < 4.78 is 5.64. The van der Waals surface area contributed by atoms with Gasteiger partial charge in [-0.2, -0.15) is 0 Å². The highest BCUT2D eigenvalue weighted by Crippen LogP contribution is 2.23. The third kappa shape index (κ3) is 5.48. The molecule has 1 atom stereocenters. The van der Waals surface area contributed by atoms with Crippen LogP contribution in [0.15, 0.2) is 22.7 Å². The molecule has 0 aromatic heterocycles.